The standard InChI is InChI=1S/C14H21N3O/c1-2-15-10-11-5-3-8-13(9-11)17-14(18)16-12-6-4-7-12/h3,5,8-9,12,15H,2,4,6-7,10H2,1H3,(H2,16,17,18). The Labute approximate surface area is 108 Å². The molecule has 1 aliphatic rings. The summed E-state index contributed by atoms with van der Waals surface area (Å²) in [5.41, 5.74) is 2.03. The first-order chi connectivity index (χ1) is 8.78. The van der Waals surface area contributed by atoms with Gasteiger partial charge in [0.25, 0.3) is 0 Å². The normalized spacial score (nSPS) is 14.9. The van der Waals surface area contributed by atoms with Gasteiger partial charge in [-0.2, -0.15) is 0 Å². The molecule has 2 amide bonds. The summed E-state index contributed by atoms with van der Waals surface area (Å²) in [7, 11) is 0. The van der Waals surface area contributed by atoms with Crippen LogP contribution < -0.4 is 16.0 Å². The van der Waals surface area contributed by atoms with Crippen molar-refractivity contribution in [3.63, 3.8) is 0 Å². The highest BCUT2D eigenvalue weighted by Crippen LogP contribution is 2.18. The topological polar surface area (TPSA) is 53.2 Å². The molecule has 1 aromatic carbocycles. The van der Waals surface area contributed by atoms with E-state index in [0.29, 0.717) is 6.04 Å². The van der Waals surface area contributed by atoms with E-state index in [1.54, 1.807) is 0 Å². The molecule has 2 rings (SSSR count). The largest absolute Gasteiger partial charge is 0.335 e. The minimum atomic E-state index is -0.0969. The van der Waals surface area contributed by atoms with Crippen molar-refractivity contribution in [2.45, 2.75) is 38.8 Å². The van der Waals surface area contributed by atoms with Gasteiger partial charge in [0, 0.05) is 18.3 Å². The third-order valence-electron chi connectivity index (χ3n) is 3.20. The molecule has 4 heteroatoms. The van der Waals surface area contributed by atoms with E-state index >= 15 is 0 Å². The molecule has 1 aromatic rings. The zero-order chi connectivity index (χ0) is 12.8. The number of carbonyl (C=O) groups excluding carboxylic acids is 1. The van der Waals surface area contributed by atoms with E-state index in [0.717, 1.165) is 31.6 Å². The SMILES string of the molecule is CCNCc1cccc(NC(=O)NC2CCC2)c1. The molecule has 0 aromatic heterocycles. The van der Waals surface area contributed by atoms with Crippen LogP contribution in [0.4, 0.5) is 10.5 Å². The Hall–Kier alpha value is -1.55. The molecule has 4 nitrogen and oxygen atoms in total. The molecule has 98 valence electrons. The van der Waals surface area contributed by atoms with Gasteiger partial charge in [-0.25, -0.2) is 4.79 Å². The first-order valence-electron chi connectivity index (χ1n) is 6.65. The van der Waals surface area contributed by atoms with Crippen molar-refractivity contribution < 1.29 is 4.79 Å². The third-order valence-corrected chi connectivity index (χ3v) is 3.20. The van der Waals surface area contributed by atoms with Gasteiger partial charge in [0.2, 0.25) is 0 Å². The molecule has 0 unspecified atom stereocenters. The van der Waals surface area contributed by atoms with Crippen molar-refractivity contribution in [1.82, 2.24) is 10.6 Å². The molecule has 3 N–H and O–H groups in total. The maximum Gasteiger partial charge on any atom is 0.319 e. The highest BCUT2D eigenvalue weighted by atomic mass is 16.2. The minimum absolute atomic E-state index is 0.0969. The van der Waals surface area contributed by atoms with Crippen LogP contribution in [0.3, 0.4) is 0 Å². The van der Waals surface area contributed by atoms with Gasteiger partial charge in [-0.15, -0.1) is 0 Å². The summed E-state index contributed by atoms with van der Waals surface area (Å²) < 4.78 is 0. The van der Waals surface area contributed by atoms with Gasteiger partial charge < -0.3 is 16.0 Å². The van der Waals surface area contributed by atoms with E-state index in [4.69, 9.17) is 0 Å². The molecule has 1 fully saturated rings. The van der Waals surface area contributed by atoms with Crippen molar-refractivity contribution in [2.75, 3.05) is 11.9 Å². The molecule has 1 aliphatic carbocycles. The molecule has 0 spiro atoms. The second-order valence-electron chi connectivity index (χ2n) is 4.71. The molecule has 0 radical (unpaired) electrons. The first-order valence-corrected chi connectivity index (χ1v) is 6.65. The third kappa shape index (κ3) is 3.74. The van der Waals surface area contributed by atoms with Crippen molar-refractivity contribution in [3.05, 3.63) is 29.8 Å². The molecule has 0 atom stereocenters. The van der Waals surface area contributed by atoms with Crippen molar-refractivity contribution in [3.8, 4) is 0 Å². The summed E-state index contributed by atoms with van der Waals surface area (Å²) in [5.74, 6) is 0. The maximum absolute atomic E-state index is 11.7. The Kier molecular flexibility index (Phi) is 4.59. The van der Waals surface area contributed by atoms with Crippen molar-refractivity contribution in [1.29, 1.82) is 0 Å². The zero-order valence-corrected chi connectivity index (χ0v) is 10.8. The lowest BCUT2D eigenvalue weighted by Crippen LogP contribution is -2.41. The number of carbonyl (C=O) groups is 1. The fourth-order valence-corrected chi connectivity index (χ4v) is 1.93. The van der Waals surface area contributed by atoms with E-state index < -0.39 is 0 Å². The Morgan fingerprint density at radius 1 is 1.39 bits per heavy atom. The Balaban J connectivity index is 1.85. The van der Waals surface area contributed by atoms with Crippen molar-refractivity contribution in [2.24, 2.45) is 0 Å². The van der Waals surface area contributed by atoms with Crippen LogP contribution in [0.5, 0.6) is 0 Å². The number of benzene rings is 1. The Morgan fingerprint density at radius 2 is 2.22 bits per heavy atom. The molecule has 1 saturated carbocycles. The van der Waals surface area contributed by atoms with Crippen LogP contribution in [-0.2, 0) is 6.54 Å². The van der Waals surface area contributed by atoms with Gasteiger partial charge in [-0.3, -0.25) is 0 Å². The monoisotopic (exact) mass is 247 g/mol. The summed E-state index contributed by atoms with van der Waals surface area (Å²) in [6, 6.07) is 8.21. The second-order valence-corrected chi connectivity index (χ2v) is 4.71. The molecular weight excluding hydrogens is 226 g/mol. The summed E-state index contributed by atoms with van der Waals surface area (Å²) in [6.07, 6.45) is 3.44. The molecule has 18 heavy (non-hydrogen) atoms. The lowest BCUT2D eigenvalue weighted by atomic mass is 9.93. The van der Waals surface area contributed by atoms with Gasteiger partial charge in [0.1, 0.15) is 0 Å². The summed E-state index contributed by atoms with van der Waals surface area (Å²) >= 11 is 0. The lowest BCUT2D eigenvalue weighted by molar-refractivity contribution is 0.240. The van der Waals surface area contributed by atoms with Gasteiger partial charge in [0.15, 0.2) is 0 Å². The van der Waals surface area contributed by atoms with E-state index in [2.05, 4.69) is 28.9 Å². The second kappa shape index (κ2) is 6.40. The molecule has 0 heterocycles. The molecular formula is C14H21N3O. The number of amides is 2. The average molecular weight is 247 g/mol. The highest BCUT2D eigenvalue weighted by molar-refractivity contribution is 5.89. The summed E-state index contributed by atoms with van der Waals surface area (Å²) in [4.78, 5) is 11.7. The predicted molar refractivity (Wildman–Crippen MR) is 73.6 cm³/mol. The smallest absolute Gasteiger partial charge is 0.319 e. The minimum Gasteiger partial charge on any atom is -0.335 e. The van der Waals surface area contributed by atoms with Crippen LogP contribution in [0.1, 0.15) is 31.7 Å². The van der Waals surface area contributed by atoms with E-state index in [1.165, 1.54) is 12.0 Å². The summed E-state index contributed by atoms with van der Waals surface area (Å²) in [6.45, 7) is 3.85. The quantitative estimate of drug-likeness (QED) is 0.748. The average Bonchev–Trinajstić information content (AvgIpc) is 2.32. The summed E-state index contributed by atoms with van der Waals surface area (Å²) in [5, 5.41) is 9.11. The molecule has 0 bridgehead atoms. The first kappa shape index (κ1) is 12.9. The predicted octanol–water partition coefficient (Wildman–Crippen LogP) is 2.47. The van der Waals surface area contributed by atoms with E-state index in [-0.39, 0.29) is 6.03 Å². The van der Waals surface area contributed by atoms with Crippen molar-refractivity contribution >= 4 is 11.7 Å². The molecule has 0 aliphatic heterocycles. The maximum atomic E-state index is 11.7. The number of rotatable bonds is 5. The van der Waals surface area contributed by atoms with Gasteiger partial charge >= 0.3 is 6.03 Å². The van der Waals surface area contributed by atoms with Crippen LogP contribution in [0.15, 0.2) is 24.3 Å². The lowest BCUT2D eigenvalue weighted by Gasteiger charge is -2.26. The highest BCUT2D eigenvalue weighted by Gasteiger charge is 2.19. The van der Waals surface area contributed by atoms with Gasteiger partial charge in [-0.1, -0.05) is 19.1 Å². The van der Waals surface area contributed by atoms with E-state index in [9.17, 15) is 4.79 Å². The Bertz CT molecular complexity index is 402. The van der Waals surface area contributed by atoms with Crippen LogP contribution in [0.25, 0.3) is 0 Å². The van der Waals surface area contributed by atoms with Gasteiger partial charge in [0.05, 0.1) is 0 Å². The number of urea groups is 1. The number of hydrogen-bond donors (Lipinski definition) is 3. The van der Waals surface area contributed by atoms with Crippen LogP contribution in [-0.4, -0.2) is 18.6 Å². The fourth-order valence-electron chi connectivity index (χ4n) is 1.93. The number of anilines is 1. The number of nitrogens with one attached hydrogen (secondary N) is 3. The van der Waals surface area contributed by atoms with Crippen LogP contribution in [0, 0.1) is 0 Å². The zero-order valence-electron chi connectivity index (χ0n) is 10.8. The van der Waals surface area contributed by atoms with Gasteiger partial charge in [-0.05, 0) is 43.5 Å². The van der Waals surface area contributed by atoms with Crippen LogP contribution >= 0.6 is 0 Å². The van der Waals surface area contributed by atoms with Crippen LogP contribution in [0.2, 0.25) is 0 Å². The fraction of sp³-hybridized carbons (Fsp3) is 0.500. The number of hydrogen-bond acceptors (Lipinski definition) is 2. The Morgan fingerprint density at radius 3 is 2.89 bits per heavy atom. The molecule has 0 saturated heterocycles. The van der Waals surface area contributed by atoms with E-state index in [1.807, 2.05) is 18.2 Å².